The summed E-state index contributed by atoms with van der Waals surface area (Å²) in [5.41, 5.74) is 2.54. The van der Waals surface area contributed by atoms with Crippen molar-refractivity contribution in [3.05, 3.63) is 59.2 Å². The SMILES string of the molecule is CC(C)(C)OC(=O)N1CCN(CCCNc2ccc(S(=O)(=O)NCCCc3c[nH]c4ccc(Cl)cc34)cc2)CC1. The summed E-state index contributed by atoms with van der Waals surface area (Å²) in [6, 6.07) is 12.6. The number of carbonyl (C=O) groups is 1. The second kappa shape index (κ2) is 13.2. The third kappa shape index (κ3) is 8.60. The standard InChI is InChI=1S/C29H40ClN5O4S/c1-29(2,3)39-28(36)35-18-16-34(17-19-35)15-5-13-31-24-8-10-25(11-9-24)40(37,38)33-14-4-6-22-21-32-27-12-7-23(30)20-26(22)27/h7-12,20-21,31-33H,4-6,13-19H2,1-3H3. The number of hydrogen-bond donors (Lipinski definition) is 3. The van der Waals surface area contributed by atoms with Gasteiger partial charge in [-0.25, -0.2) is 17.9 Å². The number of sulfonamides is 1. The first-order valence-electron chi connectivity index (χ1n) is 13.8. The van der Waals surface area contributed by atoms with Crippen LogP contribution in [0, 0.1) is 0 Å². The number of fused-ring (bicyclic) bond motifs is 1. The van der Waals surface area contributed by atoms with Crippen molar-refractivity contribution in [2.75, 3.05) is 51.1 Å². The maximum Gasteiger partial charge on any atom is 0.410 e. The number of aromatic amines is 1. The number of ether oxygens (including phenoxy) is 1. The summed E-state index contributed by atoms with van der Waals surface area (Å²) >= 11 is 6.12. The Labute approximate surface area is 242 Å². The molecule has 3 N–H and O–H groups in total. The van der Waals surface area contributed by atoms with E-state index in [-0.39, 0.29) is 11.0 Å². The Bertz CT molecular complexity index is 1380. The van der Waals surface area contributed by atoms with Crippen molar-refractivity contribution in [2.24, 2.45) is 0 Å². The largest absolute Gasteiger partial charge is 0.444 e. The van der Waals surface area contributed by atoms with Gasteiger partial charge in [0.15, 0.2) is 0 Å². The third-order valence-electron chi connectivity index (χ3n) is 6.81. The summed E-state index contributed by atoms with van der Waals surface area (Å²) in [4.78, 5) is 19.8. The van der Waals surface area contributed by atoms with Crippen LogP contribution in [0.3, 0.4) is 0 Å². The van der Waals surface area contributed by atoms with E-state index in [0.717, 1.165) is 61.2 Å². The minimum atomic E-state index is -3.58. The van der Waals surface area contributed by atoms with Gasteiger partial charge in [0, 0.05) is 67.1 Å². The van der Waals surface area contributed by atoms with E-state index in [1.165, 1.54) is 0 Å². The van der Waals surface area contributed by atoms with Gasteiger partial charge in [-0.2, -0.15) is 0 Å². The molecule has 1 saturated heterocycles. The average Bonchev–Trinajstić information content (AvgIpc) is 3.30. The number of H-pyrrole nitrogens is 1. The van der Waals surface area contributed by atoms with E-state index in [9.17, 15) is 13.2 Å². The van der Waals surface area contributed by atoms with Crippen LogP contribution in [-0.2, 0) is 21.2 Å². The minimum absolute atomic E-state index is 0.245. The first-order chi connectivity index (χ1) is 19.0. The molecule has 1 aliphatic heterocycles. The Balaban J connectivity index is 1.13. The van der Waals surface area contributed by atoms with Gasteiger partial charge in [-0.15, -0.1) is 0 Å². The van der Waals surface area contributed by atoms with Crippen molar-refractivity contribution >= 4 is 44.3 Å². The van der Waals surface area contributed by atoms with Crippen LogP contribution in [0.2, 0.25) is 5.02 Å². The zero-order valence-electron chi connectivity index (χ0n) is 23.5. The number of rotatable bonds is 11. The molecule has 0 aliphatic carbocycles. The fourth-order valence-corrected chi connectivity index (χ4v) is 5.94. The van der Waals surface area contributed by atoms with Crippen LogP contribution >= 0.6 is 11.6 Å². The van der Waals surface area contributed by atoms with E-state index >= 15 is 0 Å². The molecule has 11 heteroatoms. The summed E-state index contributed by atoms with van der Waals surface area (Å²) in [5, 5.41) is 5.11. The quantitative estimate of drug-likeness (QED) is 0.269. The number of aryl methyl sites for hydroxylation is 1. The first kappa shape index (κ1) is 30.2. The molecule has 0 bridgehead atoms. The molecule has 1 amide bonds. The molecule has 3 aromatic rings. The van der Waals surface area contributed by atoms with Gasteiger partial charge in [-0.05, 0) is 94.6 Å². The van der Waals surface area contributed by atoms with Crippen LogP contribution in [0.1, 0.15) is 39.2 Å². The lowest BCUT2D eigenvalue weighted by molar-refractivity contribution is 0.0145. The summed E-state index contributed by atoms with van der Waals surface area (Å²) in [6.07, 6.45) is 4.06. The zero-order chi connectivity index (χ0) is 28.8. The van der Waals surface area contributed by atoms with Gasteiger partial charge in [-0.3, -0.25) is 4.90 Å². The predicted octanol–water partition coefficient (Wildman–Crippen LogP) is 5.09. The number of benzene rings is 2. The lowest BCUT2D eigenvalue weighted by Crippen LogP contribution is -2.50. The second-order valence-electron chi connectivity index (χ2n) is 11.1. The molecule has 0 saturated carbocycles. The maximum absolute atomic E-state index is 12.7. The number of nitrogens with one attached hydrogen (secondary N) is 3. The van der Waals surface area contributed by atoms with Gasteiger partial charge in [0.05, 0.1) is 4.90 Å². The lowest BCUT2D eigenvalue weighted by atomic mass is 10.1. The zero-order valence-corrected chi connectivity index (χ0v) is 25.1. The molecule has 0 unspecified atom stereocenters. The Morgan fingerprint density at radius 3 is 2.45 bits per heavy atom. The van der Waals surface area contributed by atoms with Crippen molar-refractivity contribution < 1.29 is 17.9 Å². The molecular weight excluding hydrogens is 550 g/mol. The van der Waals surface area contributed by atoms with Crippen LogP contribution in [0.15, 0.2) is 53.6 Å². The minimum Gasteiger partial charge on any atom is -0.444 e. The highest BCUT2D eigenvalue weighted by molar-refractivity contribution is 7.89. The van der Waals surface area contributed by atoms with Gasteiger partial charge in [0.1, 0.15) is 5.60 Å². The van der Waals surface area contributed by atoms with E-state index in [0.29, 0.717) is 31.1 Å². The monoisotopic (exact) mass is 589 g/mol. The normalized spacial score (nSPS) is 14.9. The Morgan fingerprint density at radius 2 is 1.75 bits per heavy atom. The van der Waals surface area contributed by atoms with Crippen LogP contribution in [0.4, 0.5) is 10.5 Å². The molecule has 218 valence electrons. The number of aromatic nitrogens is 1. The van der Waals surface area contributed by atoms with E-state index in [2.05, 4.69) is 19.9 Å². The average molecular weight is 590 g/mol. The molecule has 2 aromatic carbocycles. The second-order valence-corrected chi connectivity index (χ2v) is 13.3. The van der Waals surface area contributed by atoms with Gasteiger partial charge in [-0.1, -0.05) is 11.6 Å². The predicted molar refractivity (Wildman–Crippen MR) is 161 cm³/mol. The van der Waals surface area contributed by atoms with Crippen LogP contribution in [-0.4, -0.2) is 80.7 Å². The Morgan fingerprint density at radius 1 is 1.02 bits per heavy atom. The van der Waals surface area contributed by atoms with Crippen LogP contribution < -0.4 is 10.0 Å². The number of piperazine rings is 1. The topological polar surface area (TPSA) is 107 Å². The van der Waals surface area contributed by atoms with Gasteiger partial charge < -0.3 is 19.9 Å². The molecule has 0 atom stereocenters. The molecule has 40 heavy (non-hydrogen) atoms. The molecule has 0 radical (unpaired) electrons. The van der Waals surface area contributed by atoms with Crippen molar-refractivity contribution in [1.29, 1.82) is 0 Å². The van der Waals surface area contributed by atoms with Gasteiger partial charge >= 0.3 is 6.09 Å². The van der Waals surface area contributed by atoms with E-state index < -0.39 is 15.6 Å². The number of nitrogens with zero attached hydrogens (tertiary/aromatic N) is 2. The smallest absolute Gasteiger partial charge is 0.410 e. The highest BCUT2D eigenvalue weighted by Crippen LogP contribution is 2.23. The third-order valence-corrected chi connectivity index (χ3v) is 8.53. The van der Waals surface area contributed by atoms with Crippen molar-refractivity contribution in [1.82, 2.24) is 19.5 Å². The van der Waals surface area contributed by atoms with Crippen LogP contribution in [0.5, 0.6) is 0 Å². The number of anilines is 1. The summed E-state index contributed by atoms with van der Waals surface area (Å²) in [6.45, 7) is 10.7. The summed E-state index contributed by atoms with van der Waals surface area (Å²) in [7, 11) is -3.58. The van der Waals surface area contributed by atoms with Crippen LogP contribution in [0.25, 0.3) is 10.9 Å². The van der Waals surface area contributed by atoms with E-state index in [4.69, 9.17) is 16.3 Å². The number of hydrogen-bond acceptors (Lipinski definition) is 6. The van der Waals surface area contributed by atoms with Gasteiger partial charge in [0.25, 0.3) is 0 Å². The van der Waals surface area contributed by atoms with Crippen molar-refractivity contribution in [3.63, 3.8) is 0 Å². The molecular formula is C29H40ClN5O4S. The molecule has 4 rings (SSSR count). The highest BCUT2D eigenvalue weighted by atomic mass is 35.5. The number of halogens is 1. The summed E-state index contributed by atoms with van der Waals surface area (Å²) in [5.74, 6) is 0. The molecule has 1 aromatic heterocycles. The van der Waals surface area contributed by atoms with Crippen molar-refractivity contribution in [2.45, 2.75) is 50.5 Å². The molecule has 9 nitrogen and oxygen atoms in total. The fraction of sp³-hybridized carbons (Fsp3) is 0.483. The Hall–Kier alpha value is -2.79. The van der Waals surface area contributed by atoms with E-state index in [1.54, 1.807) is 29.2 Å². The lowest BCUT2D eigenvalue weighted by Gasteiger charge is -2.35. The molecule has 0 spiro atoms. The van der Waals surface area contributed by atoms with Crippen molar-refractivity contribution in [3.8, 4) is 0 Å². The fourth-order valence-electron chi connectivity index (χ4n) is 4.69. The molecule has 2 heterocycles. The molecule has 1 aliphatic rings. The number of carbonyl (C=O) groups excluding carboxylic acids is 1. The van der Waals surface area contributed by atoms with Gasteiger partial charge in [0.2, 0.25) is 10.0 Å². The highest BCUT2D eigenvalue weighted by Gasteiger charge is 2.25. The Kier molecular flexibility index (Phi) is 9.99. The maximum atomic E-state index is 12.7. The number of amides is 1. The molecule has 1 fully saturated rings. The summed E-state index contributed by atoms with van der Waals surface area (Å²) < 4.78 is 33.6. The van der Waals surface area contributed by atoms with E-state index in [1.807, 2.05) is 45.2 Å². The first-order valence-corrected chi connectivity index (χ1v) is 15.7.